The van der Waals surface area contributed by atoms with Gasteiger partial charge in [-0.15, -0.1) is 0 Å². The number of nitrogens with one attached hydrogen (secondary N) is 2. The lowest BCUT2D eigenvalue weighted by Crippen LogP contribution is -2.41. The maximum atomic E-state index is 12.9. The van der Waals surface area contributed by atoms with E-state index < -0.39 is 18.0 Å². The highest BCUT2D eigenvalue weighted by molar-refractivity contribution is 6.30. The Morgan fingerprint density at radius 3 is 2.25 bits per heavy atom. The number of urea groups is 1. The van der Waals surface area contributed by atoms with Crippen molar-refractivity contribution in [1.29, 1.82) is 0 Å². The summed E-state index contributed by atoms with van der Waals surface area (Å²) in [5, 5.41) is 5.86. The number of nitrogens with zero attached hydrogens (tertiary/aromatic N) is 1. The number of likely N-dealkylation sites (N-methyl/N-ethyl adjacent to an activating group) is 1. The van der Waals surface area contributed by atoms with Crippen LogP contribution in [0.5, 0.6) is 5.75 Å². The van der Waals surface area contributed by atoms with E-state index in [9.17, 15) is 14.4 Å². The van der Waals surface area contributed by atoms with Gasteiger partial charge in [0.15, 0.2) is 6.04 Å². The maximum Gasteiger partial charge on any atom is 0.333 e. The van der Waals surface area contributed by atoms with Gasteiger partial charge in [-0.2, -0.15) is 0 Å². The molecule has 32 heavy (non-hydrogen) atoms. The highest BCUT2D eigenvalue weighted by atomic mass is 35.5. The second kappa shape index (κ2) is 12.6. The second-order valence-electron chi connectivity index (χ2n) is 6.75. The zero-order valence-electron chi connectivity index (χ0n) is 18.4. The molecule has 0 radical (unpaired) electrons. The predicted octanol–water partition coefficient (Wildman–Crippen LogP) is 4.01. The largest absolute Gasteiger partial charge is 0.497 e. The van der Waals surface area contributed by atoms with Gasteiger partial charge in [0, 0.05) is 30.2 Å². The van der Waals surface area contributed by atoms with Gasteiger partial charge in [0.25, 0.3) is 0 Å². The first-order valence-corrected chi connectivity index (χ1v) is 10.7. The van der Waals surface area contributed by atoms with Crippen molar-refractivity contribution in [2.24, 2.45) is 0 Å². The molecule has 0 aromatic heterocycles. The van der Waals surface area contributed by atoms with E-state index in [1.165, 1.54) is 4.90 Å². The smallest absolute Gasteiger partial charge is 0.333 e. The molecule has 0 spiro atoms. The molecule has 0 heterocycles. The van der Waals surface area contributed by atoms with E-state index in [1.807, 2.05) is 0 Å². The summed E-state index contributed by atoms with van der Waals surface area (Å²) in [7, 11) is 1.56. The Hall–Kier alpha value is -3.26. The molecule has 2 aromatic rings. The van der Waals surface area contributed by atoms with Crippen molar-refractivity contribution < 1.29 is 23.9 Å². The Morgan fingerprint density at radius 2 is 1.69 bits per heavy atom. The van der Waals surface area contributed by atoms with Crippen LogP contribution in [0.4, 0.5) is 10.5 Å². The molecule has 0 saturated carbocycles. The van der Waals surface area contributed by atoms with E-state index in [-0.39, 0.29) is 25.5 Å². The van der Waals surface area contributed by atoms with Crippen LogP contribution >= 0.6 is 11.6 Å². The van der Waals surface area contributed by atoms with Crippen LogP contribution in [0, 0.1) is 0 Å². The van der Waals surface area contributed by atoms with Gasteiger partial charge < -0.3 is 25.0 Å². The minimum absolute atomic E-state index is 0.0212. The second-order valence-corrected chi connectivity index (χ2v) is 7.18. The number of hydrogen-bond donors (Lipinski definition) is 2. The number of anilines is 1. The molecule has 1 atom stereocenters. The number of carbonyl (C=O) groups is 3. The van der Waals surface area contributed by atoms with Crippen LogP contribution in [0.25, 0.3) is 0 Å². The summed E-state index contributed by atoms with van der Waals surface area (Å²) in [6.07, 6.45) is 0.0212. The van der Waals surface area contributed by atoms with E-state index in [4.69, 9.17) is 21.1 Å². The molecule has 9 heteroatoms. The molecule has 2 aromatic carbocycles. The van der Waals surface area contributed by atoms with Gasteiger partial charge in [0.1, 0.15) is 5.75 Å². The van der Waals surface area contributed by atoms with Crippen molar-refractivity contribution in [2.45, 2.75) is 26.3 Å². The third kappa shape index (κ3) is 7.16. The standard InChI is InChI=1S/C23H28ClN3O5/c1-4-27(21(22(29)32-5-2)16-6-8-17(24)9-7-16)20(28)14-15-25-23(30)26-18-10-12-19(31-3)13-11-18/h6-13,21H,4-5,14-15H2,1-3H3,(H2,25,26,30)/t21-/m1/s1. The van der Waals surface area contributed by atoms with Crippen LogP contribution in [0.2, 0.25) is 5.02 Å². The van der Waals surface area contributed by atoms with Gasteiger partial charge in [0.05, 0.1) is 13.7 Å². The fourth-order valence-corrected chi connectivity index (χ4v) is 3.21. The Labute approximate surface area is 192 Å². The summed E-state index contributed by atoms with van der Waals surface area (Å²) in [4.78, 5) is 39.0. The SMILES string of the molecule is CCOC(=O)[C@@H](c1ccc(Cl)cc1)N(CC)C(=O)CCNC(=O)Nc1ccc(OC)cc1. The summed E-state index contributed by atoms with van der Waals surface area (Å²) in [5.41, 5.74) is 1.20. The van der Waals surface area contributed by atoms with E-state index >= 15 is 0 Å². The van der Waals surface area contributed by atoms with E-state index in [0.717, 1.165) is 0 Å². The molecule has 2 rings (SSSR count). The van der Waals surface area contributed by atoms with Crippen molar-refractivity contribution in [3.63, 3.8) is 0 Å². The van der Waals surface area contributed by atoms with Crippen LogP contribution in [0.1, 0.15) is 31.9 Å². The summed E-state index contributed by atoms with van der Waals surface area (Å²) in [6.45, 7) is 4.09. The van der Waals surface area contributed by atoms with Gasteiger partial charge in [-0.3, -0.25) is 4.79 Å². The van der Waals surface area contributed by atoms with Crippen LogP contribution < -0.4 is 15.4 Å². The number of rotatable bonds is 10. The summed E-state index contributed by atoms with van der Waals surface area (Å²) in [6, 6.07) is 12.2. The molecule has 0 bridgehead atoms. The zero-order valence-corrected chi connectivity index (χ0v) is 19.1. The van der Waals surface area contributed by atoms with Crippen molar-refractivity contribution in [1.82, 2.24) is 10.2 Å². The van der Waals surface area contributed by atoms with Crippen LogP contribution in [-0.4, -0.2) is 49.6 Å². The molecule has 0 saturated heterocycles. The van der Waals surface area contributed by atoms with E-state index in [1.54, 1.807) is 69.5 Å². The molecule has 0 unspecified atom stereocenters. The lowest BCUT2D eigenvalue weighted by atomic mass is 10.0. The fraction of sp³-hybridized carbons (Fsp3) is 0.348. The van der Waals surface area contributed by atoms with Crippen LogP contribution in [0.3, 0.4) is 0 Å². The van der Waals surface area contributed by atoms with Gasteiger partial charge in [-0.1, -0.05) is 23.7 Å². The Balaban J connectivity index is 1.98. The maximum absolute atomic E-state index is 12.9. The average molecular weight is 462 g/mol. The fourth-order valence-electron chi connectivity index (χ4n) is 3.09. The number of amides is 3. The minimum atomic E-state index is -0.891. The third-order valence-electron chi connectivity index (χ3n) is 4.64. The quantitative estimate of drug-likeness (QED) is 0.521. The normalized spacial score (nSPS) is 11.2. The van der Waals surface area contributed by atoms with Gasteiger partial charge in [-0.25, -0.2) is 9.59 Å². The molecule has 3 amide bonds. The van der Waals surface area contributed by atoms with Crippen molar-refractivity contribution in [3.05, 3.63) is 59.1 Å². The molecule has 172 valence electrons. The molecule has 8 nitrogen and oxygen atoms in total. The molecule has 0 aliphatic heterocycles. The van der Waals surface area contributed by atoms with Crippen LogP contribution in [-0.2, 0) is 14.3 Å². The number of esters is 1. The van der Waals surface area contributed by atoms with Gasteiger partial charge >= 0.3 is 12.0 Å². The zero-order chi connectivity index (χ0) is 23.5. The van der Waals surface area contributed by atoms with Crippen molar-refractivity contribution >= 4 is 35.2 Å². The Kier molecular flexibility index (Phi) is 9.81. The monoisotopic (exact) mass is 461 g/mol. The molecular weight excluding hydrogens is 434 g/mol. The number of hydrogen-bond acceptors (Lipinski definition) is 5. The molecule has 0 aliphatic carbocycles. The first kappa shape index (κ1) is 25.0. The molecule has 2 N–H and O–H groups in total. The summed E-state index contributed by atoms with van der Waals surface area (Å²) in [5.74, 6) is -0.126. The van der Waals surface area contributed by atoms with Crippen molar-refractivity contribution in [3.8, 4) is 5.75 Å². The average Bonchev–Trinajstić information content (AvgIpc) is 2.78. The molecular formula is C23H28ClN3O5. The first-order chi connectivity index (χ1) is 15.4. The topological polar surface area (TPSA) is 97.0 Å². The Bertz CT molecular complexity index is 903. The highest BCUT2D eigenvalue weighted by Crippen LogP contribution is 2.25. The molecule has 0 fully saturated rings. The number of carbonyl (C=O) groups excluding carboxylic acids is 3. The Morgan fingerprint density at radius 1 is 1.03 bits per heavy atom. The van der Waals surface area contributed by atoms with Crippen LogP contribution in [0.15, 0.2) is 48.5 Å². The van der Waals surface area contributed by atoms with Crippen molar-refractivity contribution in [2.75, 3.05) is 32.1 Å². The number of methoxy groups -OCH3 is 1. The number of halogens is 1. The number of ether oxygens (including phenoxy) is 2. The lowest BCUT2D eigenvalue weighted by molar-refractivity contribution is -0.155. The number of benzene rings is 2. The molecule has 0 aliphatic rings. The van der Waals surface area contributed by atoms with Gasteiger partial charge in [0.2, 0.25) is 5.91 Å². The third-order valence-corrected chi connectivity index (χ3v) is 4.89. The lowest BCUT2D eigenvalue weighted by Gasteiger charge is -2.29. The highest BCUT2D eigenvalue weighted by Gasteiger charge is 2.31. The van der Waals surface area contributed by atoms with E-state index in [2.05, 4.69) is 10.6 Å². The first-order valence-electron chi connectivity index (χ1n) is 10.3. The summed E-state index contributed by atoms with van der Waals surface area (Å²) < 4.78 is 10.3. The predicted molar refractivity (Wildman–Crippen MR) is 123 cm³/mol. The van der Waals surface area contributed by atoms with E-state index in [0.29, 0.717) is 28.6 Å². The van der Waals surface area contributed by atoms with Gasteiger partial charge in [-0.05, 0) is 55.8 Å². The summed E-state index contributed by atoms with van der Waals surface area (Å²) >= 11 is 5.96. The minimum Gasteiger partial charge on any atom is -0.497 e.